The van der Waals surface area contributed by atoms with Crippen LogP contribution in [0.1, 0.15) is 17.5 Å². The maximum atomic E-state index is 13.3. The second-order valence-electron chi connectivity index (χ2n) is 6.29. The molecular formula is C20H24FNO3. The fourth-order valence-electron chi connectivity index (χ4n) is 3.11. The average Bonchev–Trinajstić information content (AvgIpc) is 3.08. The minimum Gasteiger partial charge on any atom is -0.493 e. The first-order valence-electron chi connectivity index (χ1n) is 8.47. The highest BCUT2D eigenvalue weighted by molar-refractivity contribution is 5.43. The van der Waals surface area contributed by atoms with E-state index < -0.39 is 0 Å². The van der Waals surface area contributed by atoms with E-state index >= 15 is 0 Å². The van der Waals surface area contributed by atoms with Gasteiger partial charge in [-0.15, -0.1) is 0 Å². The molecule has 0 spiro atoms. The summed E-state index contributed by atoms with van der Waals surface area (Å²) in [5.41, 5.74) is 1.95. The van der Waals surface area contributed by atoms with Crippen molar-refractivity contribution < 1.29 is 18.6 Å². The number of methoxy groups -OCH3 is 2. The van der Waals surface area contributed by atoms with Crippen LogP contribution in [0.2, 0.25) is 0 Å². The molecule has 0 N–H and O–H groups in total. The van der Waals surface area contributed by atoms with E-state index in [0.717, 1.165) is 37.2 Å². The second kappa shape index (κ2) is 8.32. The van der Waals surface area contributed by atoms with Crippen molar-refractivity contribution in [2.75, 3.05) is 27.3 Å². The summed E-state index contributed by atoms with van der Waals surface area (Å²) in [5.74, 6) is 1.09. The molecule has 1 saturated heterocycles. The monoisotopic (exact) mass is 345 g/mol. The number of hydrogen-bond donors (Lipinski definition) is 0. The molecule has 2 aromatic carbocycles. The number of halogens is 1. The van der Waals surface area contributed by atoms with E-state index in [1.165, 1.54) is 12.1 Å². The van der Waals surface area contributed by atoms with Crippen molar-refractivity contribution in [2.45, 2.75) is 25.7 Å². The predicted molar refractivity (Wildman–Crippen MR) is 94.4 cm³/mol. The summed E-state index contributed by atoms with van der Waals surface area (Å²) in [7, 11) is 3.38. The topological polar surface area (TPSA) is 30.9 Å². The summed E-state index contributed by atoms with van der Waals surface area (Å²) in [5, 5.41) is 0. The Morgan fingerprint density at radius 2 is 1.96 bits per heavy atom. The van der Waals surface area contributed by atoms with Crippen molar-refractivity contribution >= 4 is 0 Å². The van der Waals surface area contributed by atoms with Gasteiger partial charge in [0, 0.05) is 26.7 Å². The van der Waals surface area contributed by atoms with Crippen molar-refractivity contribution in [3.05, 3.63) is 59.4 Å². The summed E-state index contributed by atoms with van der Waals surface area (Å²) < 4.78 is 30.0. The highest BCUT2D eigenvalue weighted by Gasteiger charge is 2.22. The van der Waals surface area contributed by atoms with Crippen LogP contribution in [0.15, 0.2) is 42.5 Å². The zero-order chi connectivity index (χ0) is 17.6. The van der Waals surface area contributed by atoms with Gasteiger partial charge >= 0.3 is 0 Å². The van der Waals surface area contributed by atoms with Gasteiger partial charge in [-0.05, 0) is 41.8 Å². The smallest absolute Gasteiger partial charge is 0.161 e. The van der Waals surface area contributed by atoms with Gasteiger partial charge in [0.05, 0.1) is 13.2 Å². The molecule has 0 radical (unpaired) electrons. The number of hydrogen-bond acceptors (Lipinski definition) is 4. The SMILES string of the molecule is COc1ccc(CN2CC[C@H](OC)C2)cc1OCc1cccc(F)c1. The average molecular weight is 345 g/mol. The van der Waals surface area contributed by atoms with E-state index in [1.54, 1.807) is 20.3 Å². The van der Waals surface area contributed by atoms with Gasteiger partial charge in [0.1, 0.15) is 12.4 Å². The molecule has 25 heavy (non-hydrogen) atoms. The largest absolute Gasteiger partial charge is 0.493 e. The van der Waals surface area contributed by atoms with Gasteiger partial charge in [0.2, 0.25) is 0 Å². The molecule has 1 heterocycles. The van der Waals surface area contributed by atoms with Crippen LogP contribution in [0.25, 0.3) is 0 Å². The van der Waals surface area contributed by atoms with E-state index in [0.29, 0.717) is 24.2 Å². The number of benzene rings is 2. The molecule has 0 bridgehead atoms. The molecule has 134 valence electrons. The summed E-state index contributed by atoms with van der Waals surface area (Å²) in [6.07, 6.45) is 1.39. The van der Waals surface area contributed by atoms with Crippen molar-refractivity contribution in [3.63, 3.8) is 0 Å². The minimum absolute atomic E-state index is 0.261. The number of nitrogens with zero attached hydrogens (tertiary/aromatic N) is 1. The summed E-state index contributed by atoms with van der Waals surface area (Å²) >= 11 is 0. The molecular weight excluding hydrogens is 321 g/mol. The third kappa shape index (κ3) is 4.71. The molecule has 3 rings (SSSR count). The zero-order valence-electron chi connectivity index (χ0n) is 14.7. The van der Waals surface area contributed by atoms with E-state index in [4.69, 9.17) is 14.2 Å². The van der Waals surface area contributed by atoms with Crippen LogP contribution >= 0.6 is 0 Å². The number of rotatable bonds is 7. The lowest BCUT2D eigenvalue weighted by Crippen LogP contribution is -2.22. The number of ether oxygens (including phenoxy) is 3. The van der Waals surface area contributed by atoms with Crippen LogP contribution in [0, 0.1) is 5.82 Å². The van der Waals surface area contributed by atoms with Crippen molar-refractivity contribution in [1.29, 1.82) is 0 Å². The van der Waals surface area contributed by atoms with Gasteiger partial charge in [-0.2, -0.15) is 0 Å². The standard InChI is InChI=1S/C20H24FNO3/c1-23-18-8-9-22(13-18)12-15-6-7-19(24-2)20(11-15)25-14-16-4-3-5-17(21)10-16/h3-7,10-11,18H,8-9,12-14H2,1-2H3/t18-/m0/s1. The van der Waals surface area contributed by atoms with Gasteiger partial charge in [0.25, 0.3) is 0 Å². The fourth-order valence-corrected chi connectivity index (χ4v) is 3.11. The van der Waals surface area contributed by atoms with Crippen LogP contribution in [-0.2, 0) is 17.9 Å². The Morgan fingerprint density at radius 3 is 2.68 bits per heavy atom. The molecule has 1 aliphatic rings. The van der Waals surface area contributed by atoms with Crippen LogP contribution in [0.4, 0.5) is 4.39 Å². The molecule has 0 aliphatic carbocycles. The molecule has 1 fully saturated rings. The van der Waals surface area contributed by atoms with E-state index in [2.05, 4.69) is 4.90 Å². The first-order valence-corrected chi connectivity index (χ1v) is 8.47. The van der Waals surface area contributed by atoms with Crippen molar-refractivity contribution in [1.82, 2.24) is 4.90 Å². The second-order valence-corrected chi connectivity index (χ2v) is 6.29. The summed E-state index contributed by atoms with van der Waals surface area (Å²) in [4.78, 5) is 2.37. The Bertz CT molecular complexity index is 707. The zero-order valence-corrected chi connectivity index (χ0v) is 14.7. The first kappa shape index (κ1) is 17.7. The van der Waals surface area contributed by atoms with E-state index in [9.17, 15) is 4.39 Å². The Morgan fingerprint density at radius 1 is 1.08 bits per heavy atom. The normalized spacial score (nSPS) is 17.6. The highest BCUT2D eigenvalue weighted by atomic mass is 19.1. The molecule has 0 aromatic heterocycles. The maximum absolute atomic E-state index is 13.3. The molecule has 1 atom stereocenters. The lowest BCUT2D eigenvalue weighted by molar-refractivity contribution is 0.107. The maximum Gasteiger partial charge on any atom is 0.161 e. The summed E-state index contributed by atoms with van der Waals surface area (Å²) in [6, 6.07) is 12.4. The van der Waals surface area contributed by atoms with Gasteiger partial charge in [-0.3, -0.25) is 4.90 Å². The quantitative estimate of drug-likeness (QED) is 0.767. The van der Waals surface area contributed by atoms with Crippen LogP contribution in [0.3, 0.4) is 0 Å². The molecule has 0 saturated carbocycles. The lowest BCUT2D eigenvalue weighted by atomic mass is 10.2. The van der Waals surface area contributed by atoms with Gasteiger partial charge < -0.3 is 14.2 Å². The van der Waals surface area contributed by atoms with E-state index in [-0.39, 0.29) is 5.82 Å². The third-order valence-electron chi connectivity index (χ3n) is 4.48. The highest BCUT2D eigenvalue weighted by Crippen LogP contribution is 2.30. The Labute approximate surface area is 148 Å². The van der Waals surface area contributed by atoms with Crippen LogP contribution < -0.4 is 9.47 Å². The molecule has 0 amide bonds. The van der Waals surface area contributed by atoms with Crippen LogP contribution in [-0.4, -0.2) is 38.3 Å². The fraction of sp³-hybridized carbons (Fsp3) is 0.400. The lowest BCUT2D eigenvalue weighted by Gasteiger charge is -2.17. The Hall–Kier alpha value is -2.11. The van der Waals surface area contributed by atoms with Gasteiger partial charge in [-0.1, -0.05) is 18.2 Å². The molecule has 1 aliphatic heterocycles. The Kier molecular flexibility index (Phi) is 5.89. The summed E-state index contributed by atoms with van der Waals surface area (Å²) in [6.45, 7) is 3.12. The van der Waals surface area contributed by atoms with Crippen LogP contribution in [0.5, 0.6) is 11.5 Å². The molecule has 4 nitrogen and oxygen atoms in total. The Balaban J connectivity index is 1.67. The molecule has 0 unspecified atom stereocenters. The minimum atomic E-state index is -0.261. The van der Waals surface area contributed by atoms with Crippen molar-refractivity contribution in [3.8, 4) is 11.5 Å². The first-order chi connectivity index (χ1) is 12.2. The van der Waals surface area contributed by atoms with Gasteiger partial charge in [0.15, 0.2) is 11.5 Å². The van der Waals surface area contributed by atoms with Crippen molar-refractivity contribution in [2.24, 2.45) is 0 Å². The predicted octanol–water partition coefficient (Wildman–Crippen LogP) is 3.63. The third-order valence-corrected chi connectivity index (χ3v) is 4.48. The van der Waals surface area contributed by atoms with E-state index in [1.807, 2.05) is 24.3 Å². The van der Waals surface area contributed by atoms with Gasteiger partial charge in [-0.25, -0.2) is 4.39 Å². The number of likely N-dealkylation sites (tertiary alicyclic amines) is 1. The molecule has 5 heteroatoms. The molecule has 2 aromatic rings.